The topological polar surface area (TPSA) is 63.3 Å². The average Bonchev–Trinajstić information content (AvgIpc) is 2.08. The Morgan fingerprint density at radius 2 is 2.29 bits per heavy atom. The summed E-state index contributed by atoms with van der Waals surface area (Å²) in [4.78, 5) is 10.4. The van der Waals surface area contributed by atoms with E-state index in [4.69, 9.17) is 10.8 Å². The van der Waals surface area contributed by atoms with Crippen molar-refractivity contribution in [2.45, 2.75) is 19.3 Å². The van der Waals surface area contributed by atoms with Crippen LogP contribution in [0.2, 0.25) is 0 Å². The molecular weight excluding hydrogens is 185 g/mol. The van der Waals surface area contributed by atoms with Gasteiger partial charge in [-0.3, -0.25) is 4.79 Å². The third-order valence-corrected chi connectivity index (χ3v) is 2.03. The Bertz CT molecular complexity index is 352. The Morgan fingerprint density at radius 3 is 2.86 bits per heavy atom. The van der Waals surface area contributed by atoms with Gasteiger partial charge in [-0.1, -0.05) is 6.92 Å². The summed E-state index contributed by atoms with van der Waals surface area (Å²) in [5.41, 5.74) is 6.28. The lowest BCUT2D eigenvalue weighted by Gasteiger charge is -2.10. The number of hydrogen-bond acceptors (Lipinski definition) is 2. The van der Waals surface area contributed by atoms with E-state index in [1.807, 2.05) is 0 Å². The van der Waals surface area contributed by atoms with E-state index in [1.165, 1.54) is 18.2 Å². The fourth-order valence-electron chi connectivity index (χ4n) is 1.31. The van der Waals surface area contributed by atoms with Crippen molar-refractivity contribution in [1.29, 1.82) is 0 Å². The minimum Gasteiger partial charge on any atom is -0.481 e. The summed E-state index contributed by atoms with van der Waals surface area (Å²) in [6.07, 6.45) is -0.0969. The van der Waals surface area contributed by atoms with Gasteiger partial charge in [0.15, 0.2) is 0 Å². The van der Waals surface area contributed by atoms with Gasteiger partial charge >= 0.3 is 5.97 Å². The molecule has 0 aromatic heterocycles. The molecule has 0 fully saturated rings. The third-order valence-electron chi connectivity index (χ3n) is 2.03. The van der Waals surface area contributed by atoms with Gasteiger partial charge in [-0.05, 0) is 29.7 Å². The highest BCUT2D eigenvalue weighted by atomic mass is 19.1. The van der Waals surface area contributed by atoms with Gasteiger partial charge in [0.25, 0.3) is 0 Å². The molecule has 0 radical (unpaired) electrons. The zero-order chi connectivity index (χ0) is 10.7. The summed E-state index contributed by atoms with van der Waals surface area (Å²) in [6.45, 7) is 1.66. The van der Waals surface area contributed by atoms with Crippen molar-refractivity contribution in [2.24, 2.45) is 0 Å². The molecule has 4 heteroatoms. The van der Waals surface area contributed by atoms with Crippen LogP contribution < -0.4 is 5.73 Å². The molecule has 1 aromatic rings. The average molecular weight is 197 g/mol. The lowest BCUT2D eigenvalue weighted by Crippen LogP contribution is -2.05. The van der Waals surface area contributed by atoms with Gasteiger partial charge in [0.2, 0.25) is 0 Å². The van der Waals surface area contributed by atoms with Crippen molar-refractivity contribution in [1.82, 2.24) is 0 Å². The smallest absolute Gasteiger partial charge is 0.303 e. The Kier molecular flexibility index (Phi) is 3.06. The predicted molar refractivity (Wildman–Crippen MR) is 51.5 cm³/mol. The highest BCUT2D eigenvalue weighted by Crippen LogP contribution is 2.23. The molecule has 0 bridgehead atoms. The maximum atomic E-state index is 13.2. The largest absolute Gasteiger partial charge is 0.481 e. The van der Waals surface area contributed by atoms with Crippen molar-refractivity contribution in [3.8, 4) is 0 Å². The van der Waals surface area contributed by atoms with E-state index in [9.17, 15) is 9.18 Å². The minimum atomic E-state index is -0.945. The SMILES string of the molecule is CC(CC(=O)O)c1cc(N)ccc1F. The molecule has 0 amide bonds. The first kappa shape index (κ1) is 10.5. The Balaban J connectivity index is 2.93. The number of anilines is 1. The van der Waals surface area contributed by atoms with Gasteiger partial charge in [-0.2, -0.15) is 0 Å². The van der Waals surface area contributed by atoms with Gasteiger partial charge in [-0.15, -0.1) is 0 Å². The molecule has 0 aliphatic carbocycles. The number of nitrogen functional groups attached to an aromatic ring is 1. The van der Waals surface area contributed by atoms with Crippen molar-refractivity contribution < 1.29 is 14.3 Å². The van der Waals surface area contributed by atoms with Crippen LogP contribution >= 0.6 is 0 Å². The summed E-state index contributed by atoms with van der Waals surface area (Å²) in [7, 11) is 0. The van der Waals surface area contributed by atoms with Crippen molar-refractivity contribution in [2.75, 3.05) is 5.73 Å². The zero-order valence-corrected chi connectivity index (χ0v) is 7.83. The zero-order valence-electron chi connectivity index (χ0n) is 7.83. The number of nitrogens with two attached hydrogens (primary N) is 1. The fraction of sp³-hybridized carbons (Fsp3) is 0.300. The van der Waals surface area contributed by atoms with Gasteiger partial charge in [0.1, 0.15) is 5.82 Å². The second-order valence-electron chi connectivity index (χ2n) is 3.28. The van der Waals surface area contributed by atoms with Crippen molar-refractivity contribution in [3.63, 3.8) is 0 Å². The Morgan fingerprint density at radius 1 is 1.64 bits per heavy atom. The molecule has 3 nitrogen and oxygen atoms in total. The van der Waals surface area contributed by atoms with Crippen LogP contribution in [0.3, 0.4) is 0 Å². The number of benzene rings is 1. The summed E-state index contributed by atoms with van der Waals surface area (Å²) < 4.78 is 13.2. The van der Waals surface area contributed by atoms with Crippen LogP contribution in [0.4, 0.5) is 10.1 Å². The van der Waals surface area contributed by atoms with E-state index in [-0.39, 0.29) is 12.3 Å². The quantitative estimate of drug-likeness (QED) is 0.728. The molecule has 0 aliphatic heterocycles. The van der Waals surface area contributed by atoms with E-state index in [2.05, 4.69) is 0 Å². The standard InChI is InChI=1S/C10H12FNO2/c1-6(4-10(13)14)8-5-7(12)2-3-9(8)11/h2-3,5-6H,4,12H2,1H3,(H,13,14). The van der Waals surface area contributed by atoms with Gasteiger partial charge in [-0.25, -0.2) is 4.39 Å². The van der Waals surface area contributed by atoms with Gasteiger partial charge < -0.3 is 10.8 Å². The molecule has 0 spiro atoms. The fourth-order valence-corrected chi connectivity index (χ4v) is 1.31. The molecule has 1 aromatic carbocycles. The highest BCUT2D eigenvalue weighted by Gasteiger charge is 2.14. The molecule has 0 saturated heterocycles. The molecule has 1 unspecified atom stereocenters. The number of carboxylic acids is 1. The lowest BCUT2D eigenvalue weighted by atomic mass is 9.97. The van der Waals surface area contributed by atoms with Crippen LogP contribution in [0, 0.1) is 5.82 Å². The molecule has 14 heavy (non-hydrogen) atoms. The monoisotopic (exact) mass is 197 g/mol. The molecular formula is C10H12FNO2. The summed E-state index contributed by atoms with van der Waals surface area (Å²) >= 11 is 0. The first-order valence-electron chi connectivity index (χ1n) is 4.27. The normalized spacial score (nSPS) is 12.4. The first-order valence-corrected chi connectivity index (χ1v) is 4.27. The number of hydrogen-bond donors (Lipinski definition) is 2. The first-order chi connectivity index (χ1) is 6.50. The van der Waals surface area contributed by atoms with Crippen LogP contribution in [0.5, 0.6) is 0 Å². The molecule has 3 N–H and O–H groups in total. The third kappa shape index (κ3) is 2.45. The van der Waals surface area contributed by atoms with Crippen LogP contribution in [-0.2, 0) is 4.79 Å². The number of halogens is 1. The molecule has 0 saturated carbocycles. The second-order valence-corrected chi connectivity index (χ2v) is 3.28. The van der Waals surface area contributed by atoms with Crippen LogP contribution in [0.25, 0.3) is 0 Å². The van der Waals surface area contributed by atoms with Crippen LogP contribution in [0.1, 0.15) is 24.8 Å². The van der Waals surface area contributed by atoms with E-state index in [1.54, 1.807) is 6.92 Å². The van der Waals surface area contributed by atoms with E-state index in [0.717, 1.165) is 0 Å². The van der Waals surface area contributed by atoms with Gasteiger partial charge in [0.05, 0.1) is 6.42 Å². The maximum absolute atomic E-state index is 13.2. The van der Waals surface area contributed by atoms with Crippen molar-refractivity contribution in [3.05, 3.63) is 29.6 Å². The summed E-state index contributed by atoms with van der Waals surface area (Å²) in [5, 5.41) is 8.55. The predicted octanol–water partition coefficient (Wildman–Crippen LogP) is 1.99. The minimum absolute atomic E-state index is 0.0969. The lowest BCUT2D eigenvalue weighted by molar-refractivity contribution is -0.137. The number of aliphatic carboxylic acids is 1. The highest BCUT2D eigenvalue weighted by molar-refractivity contribution is 5.68. The van der Waals surface area contributed by atoms with E-state index < -0.39 is 11.8 Å². The molecule has 76 valence electrons. The Hall–Kier alpha value is -1.58. The van der Waals surface area contributed by atoms with Crippen LogP contribution in [-0.4, -0.2) is 11.1 Å². The second kappa shape index (κ2) is 4.09. The molecule has 0 heterocycles. The van der Waals surface area contributed by atoms with Gasteiger partial charge in [0, 0.05) is 5.69 Å². The maximum Gasteiger partial charge on any atom is 0.303 e. The molecule has 1 atom stereocenters. The van der Waals surface area contributed by atoms with E-state index in [0.29, 0.717) is 11.3 Å². The number of carbonyl (C=O) groups is 1. The molecule has 1 rings (SSSR count). The number of rotatable bonds is 3. The van der Waals surface area contributed by atoms with E-state index >= 15 is 0 Å². The summed E-state index contributed by atoms with van der Waals surface area (Å²) in [5.74, 6) is -1.72. The Labute approximate surface area is 81.4 Å². The number of carboxylic acid groups (broad SMARTS) is 1. The van der Waals surface area contributed by atoms with Crippen molar-refractivity contribution >= 4 is 11.7 Å². The van der Waals surface area contributed by atoms with Crippen LogP contribution in [0.15, 0.2) is 18.2 Å². The summed E-state index contributed by atoms with van der Waals surface area (Å²) in [6, 6.07) is 4.18. The molecule has 0 aliphatic rings.